The zero-order chi connectivity index (χ0) is 14.5. The number of thioether (sulfide) groups is 2. The zero-order valence-corrected chi connectivity index (χ0v) is 13.3. The molecule has 0 spiro atoms. The summed E-state index contributed by atoms with van der Waals surface area (Å²) in [5, 5.41) is 0. The number of hydrogen-bond donors (Lipinski definition) is 0. The van der Waals surface area contributed by atoms with Crippen LogP contribution in [0.2, 0.25) is 0 Å². The molecule has 4 heteroatoms. The van der Waals surface area contributed by atoms with Gasteiger partial charge in [0.25, 0.3) is 0 Å². The minimum atomic E-state index is 0.212. The van der Waals surface area contributed by atoms with Crippen LogP contribution in [-0.2, 0) is 10.5 Å². The topological polar surface area (TPSA) is 20.3 Å². The van der Waals surface area contributed by atoms with Crippen molar-refractivity contribution in [3.05, 3.63) is 60.2 Å². The number of nitrogens with zero attached hydrogens (tertiary/aromatic N) is 1. The number of fused-ring (bicyclic) bond motifs is 1. The lowest BCUT2D eigenvalue weighted by molar-refractivity contribution is -0.116. The molecular weight excluding hydrogens is 298 g/mol. The molecule has 0 bridgehead atoms. The van der Waals surface area contributed by atoms with Gasteiger partial charge in [0, 0.05) is 22.9 Å². The third-order valence-corrected chi connectivity index (χ3v) is 5.40. The quantitative estimate of drug-likeness (QED) is 0.848. The molecule has 0 aromatic heterocycles. The van der Waals surface area contributed by atoms with Crippen LogP contribution in [0.15, 0.2) is 59.5 Å². The number of anilines is 1. The maximum absolute atomic E-state index is 12.4. The summed E-state index contributed by atoms with van der Waals surface area (Å²) in [4.78, 5) is 15.6. The zero-order valence-electron chi connectivity index (χ0n) is 11.7. The maximum Gasteiger partial charge on any atom is 0.237 e. The third kappa shape index (κ3) is 3.63. The second-order valence-corrected chi connectivity index (χ2v) is 6.96. The Morgan fingerprint density at radius 2 is 1.86 bits per heavy atom. The van der Waals surface area contributed by atoms with Crippen LogP contribution in [0.25, 0.3) is 0 Å². The van der Waals surface area contributed by atoms with Crippen molar-refractivity contribution in [3.8, 4) is 0 Å². The Morgan fingerprint density at radius 3 is 2.71 bits per heavy atom. The largest absolute Gasteiger partial charge is 0.310 e. The molecule has 0 unspecified atom stereocenters. The van der Waals surface area contributed by atoms with Gasteiger partial charge in [-0.1, -0.05) is 42.5 Å². The molecule has 108 valence electrons. The number of amides is 1. The first-order valence-electron chi connectivity index (χ1n) is 6.98. The molecule has 0 radical (unpaired) electrons. The third-order valence-electron chi connectivity index (χ3n) is 3.37. The monoisotopic (exact) mass is 315 g/mol. The van der Waals surface area contributed by atoms with Gasteiger partial charge in [0.2, 0.25) is 5.91 Å². The molecule has 21 heavy (non-hydrogen) atoms. The standard InChI is InChI=1S/C17H17NOS2/c19-17(13-20-12-14-6-2-1-3-7-14)18-10-11-21-16-9-5-4-8-15(16)18/h1-9H,10-13H2. The molecule has 0 saturated heterocycles. The first-order valence-corrected chi connectivity index (χ1v) is 9.12. The van der Waals surface area contributed by atoms with Gasteiger partial charge in [0.15, 0.2) is 0 Å². The van der Waals surface area contributed by atoms with Crippen LogP contribution in [-0.4, -0.2) is 24.0 Å². The predicted octanol–water partition coefficient (Wildman–Crippen LogP) is 4.06. The highest BCUT2D eigenvalue weighted by Gasteiger charge is 2.22. The Bertz CT molecular complexity index is 615. The van der Waals surface area contributed by atoms with Crippen molar-refractivity contribution in [2.45, 2.75) is 10.6 Å². The molecule has 0 fully saturated rings. The average Bonchev–Trinajstić information content (AvgIpc) is 2.55. The Morgan fingerprint density at radius 1 is 1.10 bits per heavy atom. The fourth-order valence-corrected chi connectivity index (χ4v) is 4.19. The van der Waals surface area contributed by atoms with Gasteiger partial charge >= 0.3 is 0 Å². The first kappa shape index (κ1) is 14.5. The molecule has 1 aliphatic rings. The molecule has 0 saturated carbocycles. The minimum absolute atomic E-state index is 0.212. The fraction of sp³-hybridized carbons (Fsp3) is 0.235. The summed E-state index contributed by atoms with van der Waals surface area (Å²) in [6, 6.07) is 18.5. The van der Waals surface area contributed by atoms with E-state index in [1.165, 1.54) is 10.5 Å². The molecule has 1 amide bonds. The predicted molar refractivity (Wildman–Crippen MR) is 92.1 cm³/mol. The SMILES string of the molecule is O=C(CSCc1ccccc1)N1CCSc2ccccc21. The highest BCUT2D eigenvalue weighted by atomic mass is 32.2. The number of para-hydroxylation sites is 1. The summed E-state index contributed by atoms with van der Waals surface area (Å²) in [5.74, 6) is 2.61. The van der Waals surface area contributed by atoms with Crippen molar-refractivity contribution in [1.29, 1.82) is 0 Å². The van der Waals surface area contributed by atoms with Crippen molar-refractivity contribution in [1.82, 2.24) is 0 Å². The van der Waals surface area contributed by atoms with Crippen LogP contribution in [0.1, 0.15) is 5.56 Å². The number of carbonyl (C=O) groups excluding carboxylic acids is 1. The highest BCUT2D eigenvalue weighted by molar-refractivity contribution is 7.99. The Hall–Kier alpha value is -1.39. The molecule has 2 nitrogen and oxygen atoms in total. The summed E-state index contributed by atoms with van der Waals surface area (Å²) < 4.78 is 0. The Labute approximate surface area is 133 Å². The summed E-state index contributed by atoms with van der Waals surface area (Å²) in [7, 11) is 0. The van der Waals surface area contributed by atoms with Crippen LogP contribution >= 0.6 is 23.5 Å². The Kier molecular flexibility index (Phi) is 4.88. The molecule has 0 N–H and O–H groups in total. The Balaban J connectivity index is 1.59. The lowest BCUT2D eigenvalue weighted by Gasteiger charge is -2.28. The highest BCUT2D eigenvalue weighted by Crippen LogP contribution is 2.34. The van der Waals surface area contributed by atoms with Crippen molar-refractivity contribution < 1.29 is 4.79 Å². The summed E-state index contributed by atoms with van der Waals surface area (Å²) >= 11 is 3.51. The maximum atomic E-state index is 12.4. The number of benzene rings is 2. The van der Waals surface area contributed by atoms with E-state index in [0.29, 0.717) is 5.75 Å². The first-order chi connectivity index (χ1) is 10.3. The molecular formula is C17H17NOS2. The lowest BCUT2D eigenvalue weighted by Crippen LogP contribution is -2.36. The summed E-state index contributed by atoms with van der Waals surface area (Å²) in [6.07, 6.45) is 0. The van der Waals surface area contributed by atoms with Gasteiger partial charge in [-0.2, -0.15) is 0 Å². The van der Waals surface area contributed by atoms with E-state index in [2.05, 4.69) is 18.2 Å². The van der Waals surface area contributed by atoms with Crippen LogP contribution in [0.5, 0.6) is 0 Å². The van der Waals surface area contributed by atoms with E-state index >= 15 is 0 Å². The molecule has 1 heterocycles. The smallest absolute Gasteiger partial charge is 0.237 e. The molecule has 0 atom stereocenters. The van der Waals surface area contributed by atoms with Crippen molar-refractivity contribution >= 4 is 35.1 Å². The number of rotatable bonds is 4. The molecule has 2 aromatic rings. The lowest BCUT2D eigenvalue weighted by atomic mass is 10.2. The summed E-state index contributed by atoms with van der Waals surface area (Å²) in [5.41, 5.74) is 2.34. The average molecular weight is 315 g/mol. The van der Waals surface area contributed by atoms with Crippen molar-refractivity contribution in [2.24, 2.45) is 0 Å². The van der Waals surface area contributed by atoms with E-state index < -0.39 is 0 Å². The van der Waals surface area contributed by atoms with Crippen molar-refractivity contribution in [3.63, 3.8) is 0 Å². The normalized spacial score (nSPS) is 13.8. The van der Waals surface area contributed by atoms with Gasteiger partial charge in [0.1, 0.15) is 0 Å². The molecule has 3 rings (SSSR count). The van der Waals surface area contributed by atoms with E-state index in [0.717, 1.165) is 23.7 Å². The van der Waals surface area contributed by atoms with Gasteiger partial charge in [-0.3, -0.25) is 4.79 Å². The molecule has 1 aliphatic heterocycles. The van der Waals surface area contributed by atoms with Gasteiger partial charge < -0.3 is 4.90 Å². The van der Waals surface area contributed by atoms with E-state index in [1.54, 1.807) is 11.8 Å². The number of hydrogen-bond acceptors (Lipinski definition) is 3. The van der Waals surface area contributed by atoms with Gasteiger partial charge in [-0.05, 0) is 17.7 Å². The summed E-state index contributed by atoms with van der Waals surface area (Å²) in [6.45, 7) is 0.812. The van der Waals surface area contributed by atoms with Gasteiger partial charge in [-0.25, -0.2) is 0 Å². The van der Waals surface area contributed by atoms with Crippen LogP contribution in [0.3, 0.4) is 0 Å². The van der Waals surface area contributed by atoms with Crippen molar-refractivity contribution in [2.75, 3.05) is 23.0 Å². The second kappa shape index (κ2) is 7.05. The van der Waals surface area contributed by atoms with Gasteiger partial charge in [0.05, 0.1) is 11.4 Å². The van der Waals surface area contributed by atoms with E-state index in [1.807, 2.05) is 53.1 Å². The molecule has 2 aromatic carbocycles. The number of carbonyl (C=O) groups is 1. The molecule has 0 aliphatic carbocycles. The van der Waals surface area contributed by atoms with Crippen LogP contribution in [0, 0.1) is 0 Å². The second-order valence-electron chi connectivity index (χ2n) is 4.84. The van der Waals surface area contributed by atoms with E-state index in [4.69, 9.17) is 0 Å². The van der Waals surface area contributed by atoms with Crippen LogP contribution < -0.4 is 4.90 Å². The van der Waals surface area contributed by atoms with Gasteiger partial charge in [-0.15, -0.1) is 23.5 Å². The fourth-order valence-electron chi connectivity index (χ4n) is 2.34. The van der Waals surface area contributed by atoms with E-state index in [9.17, 15) is 4.79 Å². The van der Waals surface area contributed by atoms with E-state index in [-0.39, 0.29) is 5.91 Å². The van der Waals surface area contributed by atoms with Crippen LogP contribution in [0.4, 0.5) is 5.69 Å². The minimum Gasteiger partial charge on any atom is -0.310 e.